The predicted molar refractivity (Wildman–Crippen MR) is 155 cm³/mol. The van der Waals surface area contributed by atoms with Gasteiger partial charge in [-0.05, 0) is 73.2 Å². The average molecular weight is 558 g/mol. The molecular formula is C30H24ClN3O4S. The predicted octanol–water partition coefficient (Wildman–Crippen LogP) is 6.93. The molecule has 0 spiro atoms. The molecule has 1 aromatic heterocycles. The second-order valence-electron chi connectivity index (χ2n) is 8.80. The Bertz CT molecular complexity index is 1810. The molecule has 39 heavy (non-hydrogen) atoms. The Morgan fingerprint density at radius 3 is 2.36 bits per heavy atom. The third-order valence-corrected chi connectivity index (χ3v) is 7.82. The lowest BCUT2D eigenvalue weighted by atomic mass is 9.97. The fraction of sp³-hybridized carbons (Fsp3) is 0.0667. The number of nitrogens with zero attached hydrogens (tertiary/aromatic N) is 1. The summed E-state index contributed by atoms with van der Waals surface area (Å²) in [6.45, 7) is 1.84. The van der Waals surface area contributed by atoms with E-state index in [0.717, 1.165) is 5.56 Å². The van der Waals surface area contributed by atoms with Gasteiger partial charge in [0.05, 0.1) is 28.8 Å². The molecule has 0 saturated carbocycles. The first-order valence-electron chi connectivity index (χ1n) is 12.0. The van der Waals surface area contributed by atoms with E-state index in [1.807, 2.05) is 43.3 Å². The van der Waals surface area contributed by atoms with Crippen molar-refractivity contribution in [2.45, 2.75) is 11.8 Å². The summed E-state index contributed by atoms with van der Waals surface area (Å²) >= 11 is 6.22. The average Bonchev–Trinajstić information content (AvgIpc) is 2.93. The van der Waals surface area contributed by atoms with Crippen molar-refractivity contribution in [1.82, 2.24) is 4.98 Å². The van der Waals surface area contributed by atoms with Gasteiger partial charge in [0.1, 0.15) is 5.75 Å². The molecular weight excluding hydrogens is 534 g/mol. The normalized spacial score (nSPS) is 11.3. The molecule has 0 fully saturated rings. The van der Waals surface area contributed by atoms with Gasteiger partial charge in [0.25, 0.3) is 15.9 Å². The zero-order valence-electron chi connectivity index (χ0n) is 21.1. The third kappa shape index (κ3) is 5.57. The SMILES string of the molecule is COc1ccc(NS(=O)(=O)c2cccc(NC(=O)c3c(C)c(-c4cccc(Cl)c4)nc4ccccc34)c2)cc1. The van der Waals surface area contributed by atoms with Crippen molar-refractivity contribution >= 4 is 49.8 Å². The van der Waals surface area contributed by atoms with Crippen LogP contribution in [0.4, 0.5) is 11.4 Å². The molecule has 0 bridgehead atoms. The van der Waals surface area contributed by atoms with E-state index in [0.29, 0.717) is 49.9 Å². The number of fused-ring (bicyclic) bond motifs is 1. The molecule has 1 heterocycles. The number of carbonyl (C=O) groups excluding carboxylic acids is 1. The standard InChI is InChI=1S/C30H24ClN3O4S/c1-19-28(26-11-3-4-12-27(26)33-29(19)20-7-5-8-21(31)17-20)30(35)32-23-9-6-10-25(18-23)39(36,37)34-22-13-15-24(38-2)16-14-22/h3-18,34H,1-2H3,(H,32,35). The highest BCUT2D eigenvalue weighted by Crippen LogP contribution is 2.31. The zero-order chi connectivity index (χ0) is 27.6. The summed E-state index contributed by atoms with van der Waals surface area (Å²) < 4.78 is 33.8. The Hall–Kier alpha value is -4.40. The molecule has 0 aliphatic rings. The maximum atomic E-state index is 13.7. The molecule has 0 radical (unpaired) electrons. The molecule has 5 aromatic rings. The van der Waals surface area contributed by atoms with Crippen LogP contribution in [-0.2, 0) is 10.0 Å². The van der Waals surface area contributed by atoms with Crippen molar-refractivity contribution in [2.75, 3.05) is 17.1 Å². The van der Waals surface area contributed by atoms with E-state index in [2.05, 4.69) is 10.0 Å². The van der Waals surface area contributed by atoms with Gasteiger partial charge in [0, 0.05) is 27.3 Å². The molecule has 5 rings (SSSR count). The van der Waals surface area contributed by atoms with Crippen LogP contribution >= 0.6 is 11.6 Å². The van der Waals surface area contributed by atoms with E-state index in [1.54, 1.807) is 48.5 Å². The molecule has 196 valence electrons. The van der Waals surface area contributed by atoms with Crippen molar-refractivity contribution in [3.05, 3.63) is 113 Å². The van der Waals surface area contributed by atoms with Gasteiger partial charge in [-0.3, -0.25) is 9.52 Å². The molecule has 4 aromatic carbocycles. The van der Waals surface area contributed by atoms with Crippen LogP contribution < -0.4 is 14.8 Å². The molecule has 0 aliphatic carbocycles. The minimum Gasteiger partial charge on any atom is -0.497 e. The minimum absolute atomic E-state index is 0.00652. The van der Waals surface area contributed by atoms with Crippen LogP contribution in [0.2, 0.25) is 5.02 Å². The van der Waals surface area contributed by atoms with Gasteiger partial charge >= 0.3 is 0 Å². The number of para-hydroxylation sites is 1. The monoisotopic (exact) mass is 557 g/mol. The number of pyridine rings is 1. The minimum atomic E-state index is -3.91. The molecule has 0 aliphatic heterocycles. The lowest BCUT2D eigenvalue weighted by Crippen LogP contribution is -2.17. The summed E-state index contributed by atoms with van der Waals surface area (Å²) in [7, 11) is -2.38. The number of amides is 1. The summed E-state index contributed by atoms with van der Waals surface area (Å²) in [5, 5.41) is 4.12. The van der Waals surface area contributed by atoms with Gasteiger partial charge in [-0.15, -0.1) is 0 Å². The van der Waals surface area contributed by atoms with Crippen molar-refractivity contribution in [3.8, 4) is 17.0 Å². The largest absolute Gasteiger partial charge is 0.497 e. The number of carbonyl (C=O) groups is 1. The summed E-state index contributed by atoms with van der Waals surface area (Å²) in [6, 6.07) is 27.3. The van der Waals surface area contributed by atoms with Crippen molar-refractivity contribution in [3.63, 3.8) is 0 Å². The smallest absolute Gasteiger partial charge is 0.261 e. The Kier molecular flexibility index (Phi) is 7.24. The summed E-state index contributed by atoms with van der Waals surface area (Å²) in [5.41, 5.74) is 3.93. The Morgan fingerprint density at radius 1 is 0.872 bits per heavy atom. The van der Waals surface area contributed by atoms with E-state index >= 15 is 0 Å². The summed E-state index contributed by atoms with van der Waals surface area (Å²) in [6.07, 6.45) is 0. The van der Waals surface area contributed by atoms with E-state index in [-0.39, 0.29) is 10.8 Å². The van der Waals surface area contributed by atoms with Gasteiger partial charge < -0.3 is 10.1 Å². The second kappa shape index (κ2) is 10.8. The van der Waals surface area contributed by atoms with Crippen LogP contribution in [0, 0.1) is 6.92 Å². The number of hydrogen-bond donors (Lipinski definition) is 2. The van der Waals surface area contributed by atoms with Crippen LogP contribution in [-0.4, -0.2) is 26.4 Å². The maximum Gasteiger partial charge on any atom is 0.261 e. The summed E-state index contributed by atoms with van der Waals surface area (Å²) in [4.78, 5) is 18.5. The fourth-order valence-corrected chi connectivity index (χ4v) is 5.62. The van der Waals surface area contributed by atoms with Gasteiger partial charge in [-0.1, -0.05) is 48.0 Å². The number of nitrogens with one attached hydrogen (secondary N) is 2. The highest BCUT2D eigenvalue weighted by atomic mass is 35.5. The molecule has 0 saturated heterocycles. The van der Waals surface area contributed by atoms with Gasteiger partial charge in [0.15, 0.2) is 0 Å². The molecule has 0 unspecified atom stereocenters. The van der Waals surface area contributed by atoms with Crippen LogP contribution in [0.3, 0.4) is 0 Å². The third-order valence-electron chi connectivity index (χ3n) is 6.21. The van der Waals surface area contributed by atoms with Gasteiger partial charge in [-0.25, -0.2) is 13.4 Å². The number of halogens is 1. The first-order valence-corrected chi connectivity index (χ1v) is 13.8. The van der Waals surface area contributed by atoms with Crippen LogP contribution in [0.15, 0.2) is 102 Å². The number of aromatic nitrogens is 1. The lowest BCUT2D eigenvalue weighted by Gasteiger charge is -2.15. The number of hydrogen-bond acceptors (Lipinski definition) is 5. The summed E-state index contributed by atoms with van der Waals surface area (Å²) in [5.74, 6) is 0.229. The van der Waals surface area contributed by atoms with E-state index in [4.69, 9.17) is 21.3 Å². The van der Waals surface area contributed by atoms with E-state index < -0.39 is 10.0 Å². The Balaban J connectivity index is 1.48. The van der Waals surface area contributed by atoms with Crippen molar-refractivity contribution in [2.24, 2.45) is 0 Å². The topological polar surface area (TPSA) is 97.4 Å². The lowest BCUT2D eigenvalue weighted by molar-refractivity contribution is 0.102. The van der Waals surface area contributed by atoms with Crippen LogP contribution in [0.25, 0.3) is 22.2 Å². The highest BCUT2D eigenvalue weighted by molar-refractivity contribution is 7.92. The highest BCUT2D eigenvalue weighted by Gasteiger charge is 2.20. The van der Waals surface area contributed by atoms with Gasteiger partial charge in [0.2, 0.25) is 0 Å². The number of sulfonamides is 1. The first kappa shape index (κ1) is 26.2. The molecule has 9 heteroatoms. The van der Waals surface area contributed by atoms with Crippen LogP contribution in [0.5, 0.6) is 5.75 Å². The van der Waals surface area contributed by atoms with E-state index in [9.17, 15) is 13.2 Å². The molecule has 0 atom stereocenters. The second-order valence-corrected chi connectivity index (χ2v) is 10.9. The Morgan fingerprint density at radius 2 is 1.62 bits per heavy atom. The van der Waals surface area contributed by atoms with Crippen molar-refractivity contribution in [1.29, 1.82) is 0 Å². The molecule has 7 nitrogen and oxygen atoms in total. The maximum absolute atomic E-state index is 13.7. The number of anilines is 2. The Labute approximate surface area is 231 Å². The number of methoxy groups -OCH3 is 1. The number of ether oxygens (including phenoxy) is 1. The fourth-order valence-electron chi connectivity index (χ4n) is 4.32. The van der Waals surface area contributed by atoms with Crippen molar-refractivity contribution < 1.29 is 17.9 Å². The molecule has 1 amide bonds. The first-order chi connectivity index (χ1) is 18.7. The van der Waals surface area contributed by atoms with Crippen LogP contribution in [0.1, 0.15) is 15.9 Å². The number of benzene rings is 4. The number of rotatable bonds is 7. The van der Waals surface area contributed by atoms with E-state index in [1.165, 1.54) is 19.2 Å². The zero-order valence-corrected chi connectivity index (χ0v) is 22.7. The quantitative estimate of drug-likeness (QED) is 0.226. The van der Waals surface area contributed by atoms with Gasteiger partial charge in [-0.2, -0.15) is 0 Å². The molecule has 2 N–H and O–H groups in total.